The summed E-state index contributed by atoms with van der Waals surface area (Å²) < 4.78 is 30.3. The number of thioether (sulfide) groups is 1. The predicted octanol–water partition coefficient (Wildman–Crippen LogP) is 4.85. The van der Waals surface area contributed by atoms with Gasteiger partial charge < -0.3 is 4.42 Å². The minimum absolute atomic E-state index is 0.109. The van der Waals surface area contributed by atoms with Gasteiger partial charge in [0.05, 0.1) is 22.4 Å². The van der Waals surface area contributed by atoms with Gasteiger partial charge in [-0.05, 0) is 36.8 Å². The van der Waals surface area contributed by atoms with E-state index in [-0.39, 0.29) is 5.75 Å². The number of para-hydroxylation sites is 1. The molecule has 0 spiro atoms. The molecule has 0 N–H and O–H groups in total. The van der Waals surface area contributed by atoms with E-state index in [2.05, 4.69) is 9.97 Å². The molecule has 0 saturated carbocycles. The Hall–Kier alpha value is -2.64. The number of aromatic nitrogens is 2. The van der Waals surface area contributed by atoms with Gasteiger partial charge in [0, 0.05) is 11.1 Å². The van der Waals surface area contributed by atoms with Crippen molar-refractivity contribution < 1.29 is 12.8 Å². The highest BCUT2D eigenvalue weighted by atomic mass is 32.2. The Morgan fingerprint density at radius 1 is 0.893 bits per heavy atom. The van der Waals surface area contributed by atoms with Gasteiger partial charge >= 0.3 is 0 Å². The van der Waals surface area contributed by atoms with E-state index in [1.54, 1.807) is 48.4 Å². The highest BCUT2D eigenvalue weighted by Gasteiger charge is 2.15. The molecule has 0 saturated heterocycles. The first-order valence-corrected chi connectivity index (χ1v) is 11.5. The molecule has 2 aromatic heterocycles. The van der Waals surface area contributed by atoms with Gasteiger partial charge in [0.15, 0.2) is 21.4 Å². The molecule has 0 aliphatic rings. The molecule has 4 rings (SSSR count). The maximum atomic E-state index is 12.4. The van der Waals surface area contributed by atoms with Gasteiger partial charge in [-0.15, -0.1) is 11.8 Å². The lowest BCUT2D eigenvalue weighted by Crippen LogP contribution is -2.07. The molecule has 0 unspecified atom stereocenters. The monoisotopic (exact) mass is 410 g/mol. The van der Waals surface area contributed by atoms with E-state index >= 15 is 0 Å². The lowest BCUT2D eigenvalue weighted by Gasteiger charge is -2.08. The average molecular weight is 411 g/mol. The number of furan rings is 1. The summed E-state index contributed by atoms with van der Waals surface area (Å²) in [6, 6.07) is 20.0. The maximum absolute atomic E-state index is 12.4. The Balaban J connectivity index is 1.50. The number of benzene rings is 2. The summed E-state index contributed by atoms with van der Waals surface area (Å²) in [6.07, 6.45) is 2.13. The molecule has 28 heavy (non-hydrogen) atoms. The molecule has 2 aromatic carbocycles. The summed E-state index contributed by atoms with van der Waals surface area (Å²) in [4.78, 5) is 9.58. The summed E-state index contributed by atoms with van der Waals surface area (Å²) in [5.74, 6) is 1.89. The zero-order valence-corrected chi connectivity index (χ0v) is 16.6. The summed E-state index contributed by atoms with van der Waals surface area (Å²) in [5.41, 5.74) is 0.836. The van der Waals surface area contributed by atoms with Crippen LogP contribution in [0.4, 0.5) is 0 Å². The van der Waals surface area contributed by atoms with Crippen molar-refractivity contribution in [2.24, 2.45) is 0 Å². The molecule has 142 valence electrons. The van der Waals surface area contributed by atoms with Crippen molar-refractivity contribution in [2.45, 2.75) is 16.3 Å². The average Bonchev–Trinajstić information content (AvgIpc) is 3.26. The molecule has 0 radical (unpaired) electrons. The van der Waals surface area contributed by atoms with Crippen molar-refractivity contribution in [1.82, 2.24) is 9.97 Å². The highest BCUT2D eigenvalue weighted by Crippen LogP contribution is 2.29. The minimum atomic E-state index is -3.26. The van der Waals surface area contributed by atoms with Crippen LogP contribution >= 0.6 is 11.8 Å². The van der Waals surface area contributed by atoms with E-state index in [9.17, 15) is 8.42 Å². The van der Waals surface area contributed by atoms with E-state index in [1.165, 1.54) is 0 Å². The normalized spacial score (nSPS) is 11.7. The van der Waals surface area contributed by atoms with Crippen molar-refractivity contribution >= 4 is 32.5 Å². The van der Waals surface area contributed by atoms with Crippen LogP contribution in [0.5, 0.6) is 0 Å². The lowest BCUT2D eigenvalue weighted by molar-refractivity contribution is 0.577. The van der Waals surface area contributed by atoms with Crippen LogP contribution in [0.25, 0.3) is 22.5 Å². The number of sulfone groups is 1. The van der Waals surface area contributed by atoms with Crippen LogP contribution in [0.3, 0.4) is 0 Å². The van der Waals surface area contributed by atoms with Crippen LogP contribution in [0, 0.1) is 0 Å². The minimum Gasteiger partial charge on any atom is -0.461 e. The zero-order chi connectivity index (χ0) is 19.4. The third-order valence-corrected chi connectivity index (χ3v) is 7.10. The van der Waals surface area contributed by atoms with Crippen LogP contribution < -0.4 is 0 Å². The second-order valence-electron chi connectivity index (χ2n) is 6.18. The van der Waals surface area contributed by atoms with Crippen molar-refractivity contribution in [2.75, 3.05) is 11.5 Å². The molecule has 2 heterocycles. The Morgan fingerprint density at radius 3 is 2.46 bits per heavy atom. The van der Waals surface area contributed by atoms with Crippen molar-refractivity contribution in [3.05, 3.63) is 73.0 Å². The van der Waals surface area contributed by atoms with Gasteiger partial charge in [0.25, 0.3) is 0 Å². The third kappa shape index (κ3) is 4.10. The number of hydrogen-bond acceptors (Lipinski definition) is 6. The van der Waals surface area contributed by atoms with Crippen molar-refractivity contribution in [3.8, 4) is 11.6 Å². The molecule has 0 amide bonds. The lowest BCUT2D eigenvalue weighted by atomic mass is 10.2. The van der Waals surface area contributed by atoms with Gasteiger partial charge in [0.1, 0.15) is 5.03 Å². The Morgan fingerprint density at radius 2 is 1.68 bits per heavy atom. The first-order valence-electron chi connectivity index (χ1n) is 8.85. The van der Waals surface area contributed by atoms with E-state index < -0.39 is 9.84 Å². The van der Waals surface area contributed by atoms with Crippen LogP contribution in [-0.4, -0.2) is 29.9 Å². The van der Waals surface area contributed by atoms with Crippen molar-refractivity contribution in [1.29, 1.82) is 0 Å². The van der Waals surface area contributed by atoms with Crippen LogP contribution in [0.15, 0.2) is 87.3 Å². The topological polar surface area (TPSA) is 73.1 Å². The first kappa shape index (κ1) is 18.7. The molecule has 7 heteroatoms. The summed E-state index contributed by atoms with van der Waals surface area (Å²) in [6.45, 7) is 0. The van der Waals surface area contributed by atoms with Crippen LogP contribution in [0.1, 0.15) is 6.42 Å². The second kappa shape index (κ2) is 8.16. The van der Waals surface area contributed by atoms with E-state index in [1.807, 2.05) is 36.4 Å². The zero-order valence-electron chi connectivity index (χ0n) is 15.0. The maximum Gasteiger partial charge on any atom is 0.197 e. The number of rotatable bonds is 7. The largest absolute Gasteiger partial charge is 0.461 e. The van der Waals surface area contributed by atoms with E-state index in [4.69, 9.17) is 4.42 Å². The van der Waals surface area contributed by atoms with Gasteiger partial charge in [-0.1, -0.05) is 36.4 Å². The Labute approximate surface area is 167 Å². The number of fused-ring (bicyclic) bond motifs is 1. The molecular weight excluding hydrogens is 392 g/mol. The summed E-state index contributed by atoms with van der Waals surface area (Å²) in [5, 5.41) is 1.78. The molecular formula is C21H18N2O3S2. The SMILES string of the molecule is O=S(=O)(CCCSc1nc(-c2ccco2)nc2ccccc12)c1ccccc1. The fraction of sp³-hybridized carbons (Fsp3) is 0.143. The van der Waals surface area contributed by atoms with E-state index in [0.29, 0.717) is 28.7 Å². The summed E-state index contributed by atoms with van der Waals surface area (Å²) in [7, 11) is -3.26. The number of nitrogens with zero attached hydrogens (tertiary/aromatic N) is 2. The van der Waals surface area contributed by atoms with E-state index in [0.717, 1.165) is 15.9 Å². The second-order valence-corrected chi connectivity index (χ2v) is 9.37. The van der Waals surface area contributed by atoms with Gasteiger partial charge in [-0.3, -0.25) is 0 Å². The smallest absolute Gasteiger partial charge is 0.197 e. The third-order valence-electron chi connectivity index (χ3n) is 4.21. The molecule has 4 aromatic rings. The summed E-state index contributed by atoms with van der Waals surface area (Å²) >= 11 is 1.54. The highest BCUT2D eigenvalue weighted by molar-refractivity contribution is 7.99. The van der Waals surface area contributed by atoms with Crippen molar-refractivity contribution in [3.63, 3.8) is 0 Å². The van der Waals surface area contributed by atoms with Crippen LogP contribution in [0.2, 0.25) is 0 Å². The first-order chi connectivity index (χ1) is 13.6. The standard InChI is InChI=1S/C21H18N2O3S2/c24-28(25,16-8-2-1-3-9-16)15-7-14-27-21-17-10-4-5-11-18(17)22-20(23-21)19-12-6-13-26-19/h1-6,8-13H,7,14-15H2. The van der Waals surface area contributed by atoms with Crippen LogP contribution in [-0.2, 0) is 9.84 Å². The Kier molecular flexibility index (Phi) is 5.45. The predicted molar refractivity (Wildman–Crippen MR) is 111 cm³/mol. The van der Waals surface area contributed by atoms with Gasteiger partial charge in [-0.2, -0.15) is 0 Å². The number of hydrogen-bond donors (Lipinski definition) is 0. The molecule has 0 fully saturated rings. The quantitative estimate of drug-likeness (QED) is 0.246. The fourth-order valence-corrected chi connectivity index (χ4v) is 5.31. The van der Waals surface area contributed by atoms with Gasteiger partial charge in [0.2, 0.25) is 0 Å². The molecule has 0 atom stereocenters. The van der Waals surface area contributed by atoms with Gasteiger partial charge in [-0.25, -0.2) is 18.4 Å². The Bertz CT molecular complexity index is 1170. The molecule has 0 aliphatic carbocycles. The molecule has 5 nitrogen and oxygen atoms in total. The molecule has 0 aliphatic heterocycles. The molecule has 0 bridgehead atoms. The fourth-order valence-electron chi connectivity index (χ4n) is 2.84.